The Morgan fingerprint density at radius 2 is 1.96 bits per heavy atom. The quantitative estimate of drug-likeness (QED) is 0.382. The van der Waals surface area contributed by atoms with Crippen LogP contribution in [0.25, 0.3) is 11.2 Å². The molecule has 0 radical (unpaired) electrons. The smallest absolute Gasteiger partial charge is 0.350 e. The standard InChI is InChI=1S/C9H14N5O4P.CH4O3S/c1-6(18-5-19(15,16)17)2-14-4-13-7-8(10)11-3-12-9(7)14;1-5(2,3)4/h3-4,6H,2,5H2,1H3,(H2,10,11,12)(H2,15,16,17);1H3,(H,2,3,4)/t6-;/m1./s1. The summed E-state index contributed by atoms with van der Waals surface area (Å²) in [5.74, 6) is 0.285. The van der Waals surface area contributed by atoms with Crippen molar-refractivity contribution in [3.8, 4) is 0 Å². The number of nitrogen functional groups attached to an aromatic ring is 1. The molecule has 0 saturated heterocycles. The molecule has 0 aliphatic heterocycles. The Morgan fingerprint density at radius 3 is 2.50 bits per heavy atom. The first-order valence-corrected chi connectivity index (χ1v) is 10.0. The first-order valence-electron chi connectivity index (χ1n) is 6.37. The lowest BCUT2D eigenvalue weighted by Crippen LogP contribution is -2.17. The number of ether oxygens (including phenoxy) is 1. The van der Waals surface area contributed by atoms with Crippen LogP contribution in [0, 0.1) is 0 Å². The second kappa shape index (κ2) is 7.96. The Bertz CT molecular complexity index is 825. The predicted molar refractivity (Wildman–Crippen MR) is 84.7 cm³/mol. The molecule has 0 saturated carbocycles. The molecule has 2 aromatic rings. The SMILES string of the molecule is CS(=O)(=O)O.C[C@H](Cn1cnc2c(N)ncnc21)OCP(=O)(O)O. The first kappa shape index (κ1) is 20.4. The zero-order valence-electron chi connectivity index (χ0n) is 12.8. The van der Waals surface area contributed by atoms with Crippen LogP contribution in [-0.2, 0) is 26.0 Å². The van der Waals surface area contributed by atoms with Crippen molar-refractivity contribution < 1.29 is 32.1 Å². The summed E-state index contributed by atoms with van der Waals surface area (Å²) in [5.41, 5.74) is 6.70. The lowest BCUT2D eigenvalue weighted by Gasteiger charge is -2.14. The van der Waals surface area contributed by atoms with Gasteiger partial charge in [-0.05, 0) is 6.92 Å². The Balaban J connectivity index is 0.000000505. The van der Waals surface area contributed by atoms with E-state index >= 15 is 0 Å². The highest BCUT2D eigenvalue weighted by atomic mass is 32.2. The van der Waals surface area contributed by atoms with E-state index in [0.29, 0.717) is 24.0 Å². The minimum absolute atomic E-state index is 0.285. The monoisotopic (exact) mass is 383 g/mol. The average Bonchev–Trinajstić information content (AvgIpc) is 2.79. The van der Waals surface area contributed by atoms with E-state index in [1.807, 2.05) is 0 Å². The third-order valence-corrected chi connectivity index (χ3v) is 2.90. The molecular weight excluding hydrogens is 365 g/mol. The molecule has 0 bridgehead atoms. The Hall–Kier alpha value is -1.63. The maximum Gasteiger partial charge on any atom is 0.350 e. The molecule has 1 atom stereocenters. The molecule has 12 nitrogen and oxygen atoms in total. The molecule has 0 unspecified atom stereocenters. The average molecular weight is 383 g/mol. The Morgan fingerprint density at radius 1 is 1.38 bits per heavy atom. The third-order valence-electron chi connectivity index (χ3n) is 2.41. The van der Waals surface area contributed by atoms with Gasteiger partial charge in [-0.2, -0.15) is 8.42 Å². The molecule has 0 spiro atoms. The van der Waals surface area contributed by atoms with Crippen LogP contribution in [0.3, 0.4) is 0 Å². The van der Waals surface area contributed by atoms with Gasteiger partial charge in [0.2, 0.25) is 0 Å². The molecule has 0 aromatic carbocycles. The second-order valence-corrected chi connectivity index (χ2v) is 7.89. The summed E-state index contributed by atoms with van der Waals surface area (Å²) in [4.78, 5) is 29.4. The Labute approximate surface area is 137 Å². The van der Waals surface area contributed by atoms with Crippen LogP contribution in [0.5, 0.6) is 0 Å². The van der Waals surface area contributed by atoms with E-state index in [1.165, 1.54) is 12.7 Å². The fraction of sp³-hybridized carbons (Fsp3) is 0.500. The van der Waals surface area contributed by atoms with E-state index in [1.54, 1.807) is 11.5 Å². The van der Waals surface area contributed by atoms with Crippen LogP contribution in [0.2, 0.25) is 0 Å². The van der Waals surface area contributed by atoms with Gasteiger partial charge in [-0.25, -0.2) is 15.0 Å². The van der Waals surface area contributed by atoms with Gasteiger partial charge in [0.25, 0.3) is 10.1 Å². The van der Waals surface area contributed by atoms with E-state index in [4.69, 9.17) is 24.8 Å². The molecule has 0 amide bonds. The maximum atomic E-state index is 10.7. The number of hydrogen-bond acceptors (Lipinski definition) is 8. The van der Waals surface area contributed by atoms with E-state index in [2.05, 4.69) is 15.0 Å². The highest BCUT2D eigenvalue weighted by molar-refractivity contribution is 7.85. The van der Waals surface area contributed by atoms with Crippen molar-refractivity contribution in [2.75, 3.05) is 18.3 Å². The van der Waals surface area contributed by atoms with Crippen LogP contribution in [0.1, 0.15) is 6.92 Å². The van der Waals surface area contributed by atoms with Gasteiger partial charge in [-0.1, -0.05) is 0 Å². The molecule has 14 heteroatoms. The number of nitrogens with zero attached hydrogens (tertiary/aromatic N) is 4. The van der Waals surface area contributed by atoms with Gasteiger partial charge in [-0.15, -0.1) is 0 Å². The molecule has 2 heterocycles. The number of anilines is 1. The van der Waals surface area contributed by atoms with Gasteiger partial charge in [0.05, 0.1) is 25.2 Å². The minimum Gasteiger partial charge on any atom is -0.382 e. The summed E-state index contributed by atoms with van der Waals surface area (Å²) in [6.45, 7) is 2.05. The first-order chi connectivity index (χ1) is 10.9. The van der Waals surface area contributed by atoms with Crippen molar-refractivity contribution in [2.24, 2.45) is 0 Å². The van der Waals surface area contributed by atoms with Crippen LogP contribution in [0.4, 0.5) is 5.82 Å². The highest BCUT2D eigenvalue weighted by Gasteiger charge is 2.16. The second-order valence-electron chi connectivity index (χ2n) is 4.83. The van der Waals surface area contributed by atoms with Gasteiger partial charge in [0, 0.05) is 0 Å². The zero-order chi connectivity index (χ0) is 18.5. The zero-order valence-corrected chi connectivity index (χ0v) is 14.6. The van der Waals surface area contributed by atoms with Crippen LogP contribution in [-0.4, -0.2) is 61.0 Å². The summed E-state index contributed by atoms with van der Waals surface area (Å²) in [7, 11) is -7.82. The summed E-state index contributed by atoms with van der Waals surface area (Å²) in [6, 6.07) is 0. The van der Waals surface area contributed by atoms with Gasteiger partial charge < -0.3 is 24.8 Å². The lowest BCUT2D eigenvalue weighted by molar-refractivity contribution is 0.0764. The molecule has 0 fully saturated rings. The number of hydrogen-bond donors (Lipinski definition) is 4. The van der Waals surface area contributed by atoms with Gasteiger partial charge in [0.1, 0.15) is 18.2 Å². The topological polar surface area (TPSA) is 191 Å². The van der Waals surface area contributed by atoms with Crippen LogP contribution >= 0.6 is 7.60 Å². The predicted octanol–water partition coefficient (Wildman–Crippen LogP) is -0.547. The molecule has 136 valence electrons. The third kappa shape index (κ3) is 7.77. The molecule has 24 heavy (non-hydrogen) atoms. The van der Waals surface area contributed by atoms with E-state index in [0.717, 1.165) is 0 Å². The van der Waals surface area contributed by atoms with E-state index < -0.39 is 30.2 Å². The van der Waals surface area contributed by atoms with Crippen LogP contribution < -0.4 is 5.73 Å². The summed E-state index contributed by atoms with van der Waals surface area (Å²) >= 11 is 0. The Kier molecular flexibility index (Phi) is 6.77. The fourth-order valence-electron chi connectivity index (χ4n) is 1.59. The van der Waals surface area contributed by atoms with Crippen molar-refractivity contribution in [1.82, 2.24) is 19.5 Å². The fourth-order valence-corrected chi connectivity index (χ4v) is 2.04. The number of nitrogens with two attached hydrogens (primary N) is 1. The summed E-state index contributed by atoms with van der Waals surface area (Å²) in [6.07, 6.45) is 2.57. The van der Waals surface area contributed by atoms with Crippen molar-refractivity contribution >= 4 is 34.7 Å². The van der Waals surface area contributed by atoms with E-state index in [9.17, 15) is 13.0 Å². The van der Waals surface area contributed by atoms with Crippen molar-refractivity contribution in [3.63, 3.8) is 0 Å². The molecule has 5 N–H and O–H groups in total. The molecular formula is C10H18N5O7PS. The maximum absolute atomic E-state index is 10.7. The largest absolute Gasteiger partial charge is 0.382 e. The van der Waals surface area contributed by atoms with Crippen molar-refractivity contribution in [2.45, 2.75) is 19.6 Å². The van der Waals surface area contributed by atoms with Gasteiger partial charge >= 0.3 is 7.60 Å². The number of aromatic nitrogens is 4. The van der Waals surface area contributed by atoms with Crippen LogP contribution in [0.15, 0.2) is 12.7 Å². The number of fused-ring (bicyclic) bond motifs is 1. The summed E-state index contributed by atoms with van der Waals surface area (Å²) in [5, 5.41) is 0. The summed E-state index contributed by atoms with van der Waals surface area (Å²) < 4.78 is 43.3. The van der Waals surface area contributed by atoms with Crippen molar-refractivity contribution in [3.05, 3.63) is 12.7 Å². The van der Waals surface area contributed by atoms with Gasteiger partial charge in [-0.3, -0.25) is 9.12 Å². The normalized spacial score (nSPS) is 13.4. The molecule has 0 aliphatic rings. The minimum atomic E-state index is -4.16. The lowest BCUT2D eigenvalue weighted by atomic mass is 10.4. The molecule has 0 aliphatic carbocycles. The number of imidazole rings is 1. The number of rotatable bonds is 5. The molecule has 2 aromatic heterocycles. The molecule has 2 rings (SSSR count). The van der Waals surface area contributed by atoms with E-state index in [-0.39, 0.29) is 5.82 Å². The van der Waals surface area contributed by atoms with Gasteiger partial charge in [0.15, 0.2) is 11.5 Å². The highest BCUT2D eigenvalue weighted by Crippen LogP contribution is 2.34. The van der Waals surface area contributed by atoms with Crippen molar-refractivity contribution in [1.29, 1.82) is 0 Å².